The van der Waals surface area contributed by atoms with E-state index in [1.54, 1.807) is 14.2 Å². The Morgan fingerprint density at radius 2 is 1.95 bits per heavy atom. The zero-order valence-electron chi connectivity index (χ0n) is 13.0. The van der Waals surface area contributed by atoms with E-state index in [-0.39, 0.29) is 5.41 Å². The van der Waals surface area contributed by atoms with Crippen LogP contribution in [0.1, 0.15) is 31.2 Å². The number of carbonyl (C=O) groups excluding carboxylic acids is 1. The number of hydrogen-bond acceptors (Lipinski definition) is 4. The monoisotopic (exact) mass is 289 g/mol. The van der Waals surface area contributed by atoms with E-state index in [0.717, 1.165) is 30.9 Å². The van der Waals surface area contributed by atoms with Crippen LogP contribution in [0.3, 0.4) is 0 Å². The van der Waals surface area contributed by atoms with Gasteiger partial charge in [0.25, 0.3) is 0 Å². The van der Waals surface area contributed by atoms with Gasteiger partial charge in [0.15, 0.2) is 11.5 Å². The second-order valence-electron chi connectivity index (χ2n) is 6.22. The van der Waals surface area contributed by atoms with Crippen molar-refractivity contribution < 1.29 is 14.3 Å². The molecule has 114 valence electrons. The highest BCUT2D eigenvalue weighted by Gasteiger charge is 2.50. The maximum Gasteiger partial charge on any atom is 0.161 e. The maximum absolute atomic E-state index is 11.9. The predicted octanol–water partition coefficient (Wildman–Crippen LogP) is 2.40. The van der Waals surface area contributed by atoms with Crippen molar-refractivity contribution in [2.24, 2.45) is 0 Å². The second-order valence-corrected chi connectivity index (χ2v) is 6.22. The molecule has 1 aliphatic heterocycles. The molecule has 4 nitrogen and oxygen atoms in total. The van der Waals surface area contributed by atoms with Gasteiger partial charge < -0.3 is 14.4 Å². The minimum absolute atomic E-state index is 0.0855. The molecule has 2 aliphatic rings. The fourth-order valence-electron chi connectivity index (χ4n) is 4.07. The van der Waals surface area contributed by atoms with Gasteiger partial charge in [-0.05, 0) is 44.1 Å². The Bertz CT molecular complexity index is 557. The molecular weight excluding hydrogens is 266 g/mol. The summed E-state index contributed by atoms with van der Waals surface area (Å²) >= 11 is 0. The molecule has 1 heterocycles. The Morgan fingerprint density at radius 1 is 1.19 bits per heavy atom. The summed E-state index contributed by atoms with van der Waals surface area (Å²) in [4.78, 5) is 14.2. The lowest BCUT2D eigenvalue weighted by atomic mass is 9.66. The zero-order chi connectivity index (χ0) is 15.0. The van der Waals surface area contributed by atoms with Gasteiger partial charge in [-0.1, -0.05) is 6.07 Å². The van der Waals surface area contributed by atoms with E-state index in [9.17, 15) is 4.79 Å². The molecule has 0 bridgehead atoms. The summed E-state index contributed by atoms with van der Waals surface area (Å²) in [7, 11) is 5.45. The van der Waals surface area contributed by atoms with Crippen LogP contribution in [0, 0.1) is 0 Å². The fraction of sp³-hybridized carbons (Fsp3) is 0.588. The number of ketones is 1. The highest BCUT2D eigenvalue weighted by molar-refractivity contribution is 5.81. The lowest BCUT2D eigenvalue weighted by molar-refractivity contribution is -0.122. The Morgan fingerprint density at radius 3 is 2.67 bits per heavy atom. The van der Waals surface area contributed by atoms with Crippen LogP contribution in [0.5, 0.6) is 11.5 Å². The molecule has 21 heavy (non-hydrogen) atoms. The Hall–Kier alpha value is -1.55. The number of likely N-dealkylation sites (tertiary alicyclic amines) is 1. The first-order valence-corrected chi connectivity index (χ1v) is 7.55. The van der Waals surface area contributed by atoms with Crippen molar-refractivity contribution in [2.75, 3.05) is 27.8 Å². The van der Waals surface area contributed by atoms with Gasteiger partial charge in [-0.15, -0.1) is 0 Å². The van der Waals surface area contributed by atoms with Crippen molar-refractivity contribution in [3.63, 3.8) is 0 Å². The van der Waals surface area contributed by atoms with E-state index in [2.05, 4.69) is 24.1 Å². The molecule has 0 radical (unpaired) electrons. The second kappa shape index (κ2) is 5.34. The normalized spacial score (nSPS) is 29.3. The van der Waals surface area contributed by atoms with Crippen LogP contribution >= 0.6 is 0 Å². The summed E-state index contributed by atoms with van der Waals surface area (Å²) in [6.07, 6.45) is 3.41. The predicted molar refractivity (Wildman–Crippen MR) is 81.1 cm³/mol. The minimum atomic E-state index is 0.0855. The van der Waals surface area contributed by atoms with E-state index in [1.165, 1.54) is 5.56 Å². The molecule has 1 aliphatic carbocycles. The standard InChI is InChI=1S/C17H23NO3/c1-18-9-8-17(7-6-13(19)11-16(17)18)12-4-5-14(20-2)15(10-12)21-3/h4-5,10,16H,6-9,11H2,1-3H3/t16?,17-/m0/s1. The number of likely N-dealkylation sites (N-methyl/N-ethyl adjacent to an activating group) is 1. The quantitative estimate of drug-likeness (QED) is 0.856. The molecule has 1 aromatic rings. The van der Waals surface area contributed by atoms with Gasteiger partial charge in [0.1, 0.15) is 5.78 Å². The number of nitrogens with zero attached hydrogens (tertiary/aromatic N) is 1. The average Bonchev–Trinajstić information content (AvgIpc) is 2.85. The Kier molecular flexibility index (Phi) is 3.66. The van der Waals surface area contributed by atoms with Crippen molar-refractivity contribution >= 4 is 5.78 Å². The van der Waals surface area contributed by atoms with Gasteiger partial charge in [0, 0.05) is 24.3 Å². The first-order chi connectivity index (χ1) is 10.1. The van der Waals surface area contributed by atoms with E-state index in [1.807, 2.05) is 6.07 Å². The van der Waals surface area contributed by atoms with Crippen molar-refractivity contribution in [2.45, 2.75) is 37.1 Å². The number of carbonyl (C=O) groups is 1. The van der Waals surface area contributed by atoms with Crippen molar-refractivity contribution in [1.29, 1.82) is 0 Å². The average molecular weight is 289 g/mol. The summed E-state index contributed by atoms with van der Waals surface area (Å²) in [5.74, 6) is 1.92. The third kappa shape index (κ3) is 2.22. The van der Waals surface area contributed by atoms with Crippen LogP contribution in [-0.4, -0.2) is 44.5 Å². The summed E-state index contributed by atoms with van der Waals surface area (Å²) in [6, 6.07) is 6.54. The van der Waals surface area contributed by atoms with Crippen molar-refractivity contribution in [1.82, 2.24) is 4.90 Å². The van der Waals surface area contributed by atoms with E-state index >= 15 is 0 Å². The molecule has 1 saturated carbocycles. The van der Waals surface area contributed by atoms with Gasteiger partial charge in [-0.2, -0.15) is 0 Å². The third-order valence-corrected chi connectivity index (χ3v) is 5.31. The van der Waals surface area contributed by atoms with Crippen molar-refractivity contribution in [3.05, 3.63) is 23.8 Å². The molecule has 2 fully saturated rings. The summed E-state index contributed by atoms with van der Waals surface area (Å²) in [5.41, 5.74) is 1.37. The van der Waals surface area contributed by atoms with E-state index < -0.39 is 0 Å². The first kappa shape index (κ1) is 14.4. The number of benzene rings is 1. The summed E-state index contributed by atoms with van der Waals surface area (Å²) < 4.78 is 10.8. The van der Waals surface area contributed by atoms with Crippen LogP contribution in [0.15, 0.2) is 18.2 Å². The van der Waals surface area contributed by atoms with Crippen molar-refractivity contribution in [3.8, 4) is 11.5 Å². The SMILES string of the molecule is COc1ccc([C@@]23CCC(=O)CC2N(C)CC3)cc1OC. The molecule has 1 aromatic carbocycles. The molecule has 0 N–H and O–H groups in total. The Balaban J connectivity index is 2.03. The maximum atomic E-state index is 11.9. The number of methoxy groups -OCH3 is 2. The van der Waals surface area contributed by atoms with Gasteiger partial charge in [-0.3, -0.25) is 4.79 Å². The van der Waals surface area contributed by atoms with Crippen LogP contribution < -0.4 is 9.47 Å². The highest BCUT2D eigenvalue weighted by atomic mass is 16.5. The third-order valence-electron chi connectivity index (χ3n) is 5.31. The Labute approximate surface area is 126 Å². The topological polar surface area (TPSA) is 38.8 Å². The number of Topliss-reactive ketones (excluding diaryl/α,β-unsaturated/α-hetero) is 1. The molecule has 2 atom stereocenters. The number of hydrogen-bond donors (Lipinski definition) is 0. The number of rotatable bonds is 3. The summed E-state index contributed by atoms with van der Waals surface area (Å²) in [6.45, 7) is 1.05. The van der Waals surface area contributed by atoms with E-state index in [0.29, 0.717) is 24.7 Å². The number of fused-ring (bicyclic) bond motifs is 1. The van der Waals surface area contributed by atoms with Crippen LogP contribution in [0.25, 0.3) is 0 Å². The zero-order valence-corrected chi connectivity index (χ0v) is 13.0. The van der Waals surface area contributed by atoms with E-state index in [4.69, 9.17) is 9.47 Å². The minimum Gasteiger partial charge on any atom is -0.493 e. The molecule has 0 spiro atoms. The molecule has 1 saturated heterocycles. The molecular formula is C17H23NO3. The van der Waals surface area contributed by atoms with Gasteiger partial charge >= 0.3 is 0 Å². The highest BCUT2D eigenvalue weighted by Crippen LogP contribution is 2.48. The van der Waals surface area contributed by atoms with Gasteiger partial charge in [0.2, 0.25) is 0 Å². The molecule has 0 aromatic heterocycles. The van der Waals surface area contributed by atoms with Gasteiger partial charge in [0.05, 0.1) is 14.2 Å². The largest absolute Gasteiger partial charge is 0.493 e. The number of ether oxygens (including phenoxy) is 2. The molecule has 3 rings (SSSR count). The lowest BCUT2D eigenvalue weighted by Gasteiger charge is -2.41. The molecule has 0 amide bonds. The van der Waals surface area contributed by atoms with Crippen LogP contribution in [-0.2, 0) is 10.2 Å². The van der Waals surface area contributed by atoms with Crippen LogP contribution in [0.4, 0.5) is 0 Å². The van der Waals surface area contributed by atoms with Crippen LogP contribution in [0.2, 0.25) is 0 Å². The van der Waals surface area contributed by atoms with Gasteiger partial charge in [-0.25, -0.2) is 0 Å². The lowest BCUT2D eigenvalue weighted by Crippen LogP contribution is -2.46. The smallest absolute Gasteiger partial charge is 0.161 e. The molecule has 4 heteroatoms. The molecule has 1 unspecified atom stereocenters. The fourth-order valence-corrected chi connectivity index (χ4v) is 4.07. The first-order valence-electron chi connectivity index (χ1n) is 7.55. The summed E-state index contributed by atoms with van der Waals surface area (Å²) in [5, 5.41) is 0.